The van der Waals surface area contributed by atoms with Crippen molar-refractivity contribution in [1.82, 2.24) is 35.2 Å². The summed E-state index contributed by atoms with van der Waals surface area (Å²) < 4.78 is 2.40. The minimum absolute atomic E-state index is 0.0856. The molecule has 11 nitrogen and oxygen atoms in total. The van der Waals surface area contributed by atoms with E-state index in [0.717, 1.165) is 54.4 Å². The van der Waals surface area contributed by atoms with Gasteiger partial charge in [-0.05, 0) is 59.3 Å². The summed E-state index contributed by atoms with van der Waals surface area (Å²) in [7, 11) is 0. The molecule has 0 aliphatic carbocycles. The maximum absolute atomic E-state index is 12.9. The van der Waals surface area contributed by atoms with Crippen molar-refractivity contribution >= 4 is 66.6 Å². The van der Waals surface area contributed by atoms with Crippen LogP contribution in [0.3, 0.4) is 0 Å². The lowest BCUT2D eigenvalue weighted by molar-refractivity contribution is -0.134. The number of nitrogens with zero attached hydrogens (tertiary/aromatic N) is 5. The predicted octanol–water partition coefficient (Wildman–Crippen LogP) is 3.58. The molecule has 37 heavy (non-hydrogen) atoms. The number of aromatic nitrogens is 5. The average molecular weight is 585 g/mol. The first-order valence-electron chi connectivity index (χ1n) is 12.2. The van der Waals surface area contributed by atoms with E-state index in [2.05, 4.69) is 52.2 Å². The van der Waals surface area contributed by atoms with E-state index in [4.69, 9.17) is 0 Å². The van der Waals surface area contributed by atoms with Gasteiger partial charge in [-0.15, -0.1) is 0 Å². The molecule has 6 rings (SSSR count). The molecule has 0 saturated carbocycles. The van der Waals surface area contributed by atoms with Crippen molar-refractivity contribution in [2.24, 2.45) is 5.41 Å². The number of nitrogens with one attached hydrogen (secondary N) is 4. The summed E-state index contributed by atoms with van der Waals surface area (Å²) in [6, 6.07) is 5.53. The maximum Gasteiger partial charge on any atom is 0.267 e. The highest BCUT2D eigenvalue weighted by atomic mass is 79.9. The molecule has 0 atom stereocenters. The monoisotopic (exact) mass is 583 g/mol. The van der Waals surface area contributed by atoms with Crippen molar-refractivity contribution in [1.29, 1.82) is 0 Å². The summed E-state index contributed by atoms with van der Waals surface area (Å²) in [6.07, 6.45) is 8.30. The minimum atomic E-state index is -0.271. The molecule has 4 aromatic rings. The Bertz CT molecular complexity index is 1450. The third kappa shape index (κ3) is 4.98. The Morgan fingerprint density at radius 3 is 2.84 bits per heavy atom. The Kier molecular flexibility index (Phi) is 6.42. The first kappa shape index (κ1) is 24.1. The minimum Gasteiger partial charge on any atom is -0.341 e. The van der Waals surface area contributed by atoms with Gasteiger partial charge in [0.15, 0.2) is 10.9 Å². The summed E-state index contributed by atoms with van der Waals surface area (Å²) in [5.41, 5.74) is 1.85. The molecule has 192 valence electrons. The Hall–Kier alpha value is -3.29. The Labute approximate surface area is 225 Å². The second-order valence-electron chi connectivity index (χ2n) is 9.57. The fourth-order valence-electron chi connectivity index (χ4n) is 5.05. The van der Waals surface area contributed by atoms with Gasteiger partial charge in [-0.3, -0.25) is 19.4 Å². The van der Waals surface area contributed by atoms with Crippen molar-refractivity contribution in [3.05, 3.63) is 46.1 Å². The number of carbonyl (C=O) groups is 2. The van der Waals surface area contributed by atoms with Gasteiger partial charge in [0.25, 0.3) is 5.91 Å². The van der Waals surface area contributed by atoms with Crippen LogP contribution in [0, 0.1) is 5.41 Å². The summed E-state index contributed by atoms with van der Waals surface area (Å²) in [4.78, 5) is 32.4. The van der Waals surface area contributed by atoms with Gasteiger partial charge in [-0.2, -0.15) is 10.2 Å². The van der Waals surface area contributed by atoms with Crippen LogP contribution in [0.15, 0.2) is 41.3 Å². The van der Waals surface area contributed by atoms with Crippen LogP contribution < -0.4 is 16.0 Å². The molecule has 1 spiro atoms. The van der Waals surface area contributed by atoms with Gasteiger partial charge in [0.05, 0.1) is 23.6 Å². The van der Waals surface area contributed by atoms with E-state index >= 15 is 0 Å². The second kappa shape index (κ2) is 9.88. The number of halogens is 1. The molecule has 0 bridgehead atoms. The summed E-state index contributed by atoms with van der Waals surface area (Å²) in [6.45, 7) is 3.97. The molecule has 2 aliphatic heterocycles. The van der Waals surface area contributed by atoms with Crippen molar-refractivity contribution < 1.29 is 9.59 Å². The van der Waals surface area contributed by atoms with E-state index in [0.29, 0.717) is 26.9 Å². The van der Waals surface area contributed by atoms with E-state index < -0.39 is 0 Å². The number of H-pyrrole nitrogens is 1. The van der Waals surface area contributed by atoms with Gasteiger partial charge in [-0.25, -0.2) is 4.98 Å². The zero-order chi connectivity index (χ0) is 25.4. The van der Waals surface area contributed by atoms with Crippen LogP contribution in [0.25, 0.3) is 10.9 Å². The maximum atomic E-state index is 12.9. The molecular formula is C24H26BrN9O2S. The van der Waals surface area contributed by atoms with Gasteiger partial charge in [-0.1, -0.05) is 11.3 Å². The van der Waals surface area contributed by atoms with E-state index in [9.17, 15) is 9.59 Å². The molecule has 2 aliphatic rings. The number of thiazole rings is 1. The highest BCUT2D eigenvalue weighted by molar-refractivity contribution is 9.10. The van der Waals surface area contributed by atoms with E-state index in [1.54, 1.807) is 23.1 Å². The number of aromatic amines is 1. The molecule has 3 aromatic heterocycles. The Morgan fingerprint density at radius 2 is 2.03 bits per heavy atom. The number of amides is 2. The van der Waals surface area contributed by atoms with Gasteiger partial charge in [0.2, 0.25) is 5.91 Å². The van der Waals surface area contributed by atoms with Crippen LogP contribution in [0.4, 0.5) is 16.6 Å². The summed E-state index contributed by atoms with van der Waals surface area (Å²) >= 11 is 4.71. The van der Waals surface area contributed by atoms with E-state index in [1.807, 2.05) is 17.0 Å². The number of carbonyl (C=O) groups excluding carboxylic acids is 2. The molecule has 13 heteroatoms. The number of rotatable bonds is 6. The largest absolute Gasteiger partial charge is 0.341 e. The highest BCUT2D eigenvalue weighted by Gasteiger charge is 2.38. The normalized spacial score (nSPS) is 16.9. The molecule has 5 heterocycles. The number of benzene rings is 1. The van der Waals surface area contributed by atoms with Gasteiger partial charge >= 0.3 is 0 Å². The third-order valence-electron chi connectivity index (χ3n) is 7.22. The molecule has 2 fully saturated rings. The fraction of sp³-hybridized carbons (Fsp3) is 0.375. The Morgan fingerprint density at radius 1 is 1.16 bits per heavy atom. The smallest absolute Gasteiger partial charge is 0.267 e. The number of fused-ring (bicyclic) bond motifs is 1. The average Bonchev–Trinajstić information content (AvgIpc) is 3.70. The molecule has 0 radical (unpaired) electrons. The van der Waals surface area contributed by atoms with Crippen LogP contribution in [-0.2, 0) is 11.3 Å². The topological polar surface area (TPSA) is 133 Å². The molecule has 2 amide bonds. The lowest BCUT2D eigenvalue weighted by Crippen LogP contribution is -2.45. The van der Waals surface area contributed by atoms with Crippen molar-refractivity contribution in [3.8, 4) is 0 Å². The zero-order valence-electron chi connectivity index (χ0n) is 20.0. The molecule has 1 aromatic carbocycles. The Balaban J connectivity index is 1.05. The van der Waals surface area contributed by atoms with Crippen LogP contribution >= 0.6 is 27.3 Å². The zero-order valence-corrected chi connectivity index (χ0v) is 22.4. The lowest BCUT2D eigenvalue weighted by atomic mass is 9.78. The molecular weight excluding hydrogens is 558 g/mol. The molecule has 0 unspecified atom stereocenters. The number of hydrogen-bond acceptors (Lipinski definition) is 8. The van der Waals surface area contributed by atoms with Gasteiger partial charge < -0.3 is 20.9 Å². The fourth-order valence-corrected chi connectivity index (χ4v) is 6.21. The van der Waals surface area contributed by atoms with Crippen molar-refractivity contribution in [2.45, 2.75) is 25.8 Å². The first-order chi connectivity index (χ1) is 18.0. The van der Waals surface area contributed by atoms with Gasteiger partial charge in [0.1, 0.15) is 11.4 Å². The number of anilines is 3. The third-order valence-corrected chi connectivity index (χ3v) is 8.80. The SMILES string of the molecule is O=C(Nc1c(Br)ccc2[nH]ncc12)c1cnc(Nc2ccn(CC(=O)N3CCC4(CCNC4)CC3)n2)s1. The quantitative estimate of drug-likeness (QED) is 0.272. The summed E-state index contributed by atoms with van der Waals surface area (Å²) in [5.74, 6) is 0.380. The first-order valence-corrected chi connectivity index (χ1v) is 13.8. The number of likely N-dealkylation sites (tertiary alicyclic amines) is 1. The van der Waals surface area contributed by atoms with Crippen LogP contribution in [-0.4, -0.2) is 67.9 Å². The molecule has 4 N–H and O–H groups in total. The van der Waals surface area contributed by atoms with Crippen molar-refractivity contribution in [2.75, 3.05) is 36.8 Å². The van der Waals surface area contributed by atoms with Crippen molar-refractivity contribution in [3.63, 3.8) is 0 Å². The van der Waals surface area contributed by atoms with Crippen LogP contribution in [0.1, 0.15) is 28.9 Å². The van der Waals surface area contributed by atoms with Crippen LogP contribution in [0.2, 0.25) is 0 Å². The van der Waals surface area contributed by atoms with E-state index in [-0.39, 0.29) is 18.4 Å². The molecule has 2 saturated heterocycles. The van der Waals surface area contributed by atoms with E-state index in [1.165, 1.54) is 24.0 Å². The number of hydrogen-bond donors (Lipinski definition) is 4. The predicted molar refractivity (Wildman–Crippen MR) is 145 cm³/mol. The summed E-state index contributed by atoms with van der Waals surface area (Å²) in [5, 5.41) is 22.3. The second-order valence-corrected chi connectivity index (χ2v) is 11.5. The number of piperidine rings is 1. The van der Waals surface area contributed by atoms with Crippen LogP contribution in [0.5, 0.6) is 0 Å². The standard InChI is InChI=1S/C24H26BrN9O2S/c25-16-1-2-17-15(11-28-31-17)21(16)30-22(36)18-12-27-23(37-18)29-19-3-8-34(32-19)13-20(35)33-9-5-24(6-10-33)4-7-26-14-24/h1-3,8,11-12,26H,4-7,9-10,13-14H2,(H,28,31)(H,30,36)(H,27,29,32). The lowest BCUT2D eigenvalue weighted by Gasteiger charge is -2.38. The van der Waals surface area contributed by atoms with Gasteiger partial charge in [0, 0.05) is 41.8 Å². The highest BCUT2D eigenvalue weighted by Crippen LogP contribution is 2.37.